The minimum absolute atomic E-state index is 0.123. The highest BCUT2D eigenvalue weighted by Crippen LogP contribution is 2.15. The Hall–Kier alpha value is -1.68. The van der Waals surface area contributed by atoms with Gasteiger partial charge in [-0.2, -0.15) is 0 Å². The number of ether oxygens (including phenoxy) is 1. The van der Waals surface area contributed by atoms with E-state index in [1.54, 1.807) is 36.9 Å². The van der Waals surface area contributed by atoms with Crippen LogP contribution >= 0.6 is 11.3 Å². The van der Waals surface area contributed by atoms with E-state index in [9.17, 15) is 4.79 Å². The van der Waals surface area contributed by atoms with Gasteiger partial charge in [-0.1, -0.05) is 6.07 Å². The number of nitrogens with zero attached hydrogens (tertiary/aromatic N) is 1. The first-order valence-electron chi connectivity index (χ1n) is 5.84. The third-order valence-corrected chi connectivity index (χ3v) is 3.61. The minimum atomic E-state index is 0.123. The molecule has 0 aromatic carbocycles. The van der Waals surface area contributed by atoms with Crippen molar-refractivity contribution in [2.24, 2.45) is 0 Å². The number of aryl methyl sites for hydroxylation is 1. The van der Waals surface area contributed by atoms with Gasteiger partial charge in [0.25, 0.3) is 0 Å². The van der Waals surface area contributed by atoms with E-state index >= 15 is 0 Å². The maximum Gasteiger partial charge on any atom is 0.164 e. The van der Waals surface area contributed by atoms with Gasteiger partial charge in [0.15, 0.2) is 5.78 Å². The zero-order chi connectivity index (χ0) is 12.8. The molecule has 2 aromatic rings. The largest absolute Gasteiger partial charge is 0.495 e. The van der Waals surface area contributed by atoms with Crippen LogP contribution in [-0.2, 0) is 6.42 Å². The first-order valence-corrected chi connectivity index (χ1v) is 6.72. The molecule has 0 aliphatic heterocycles. The van der Waals surface area contributed by atoms with E-state index in [4.69, 9.17) is 4.74 Å². The number of hydrogen-bond donors (Lipinski definition) is 0. The van der Waals surface area contributed by atoms with Crippen LogP contribution in [0.3, 0.4) is 0 Å². The molecule has 18 heavy (non-hydrogen) atoms. The number of ketones is 1. The van der Waals surface area contributed by atoms with Gasteiger partial charge in [0.1, 0.15) is 5.75 Å². The highest BCUT2D eigenvalue weighted by molar-refractivity contribution is 7.09. The summed E-state index contributed by atoms with van der Waals surface area (Å²) in [5.41, 5.74) is 0.625. The average molecular weight is 261 g/mol. The lowest BCUT2D eigenvalue weighted by Crippen LogP contribution is -2.01. The van der Waals surface area contributed by atoms with Crippen LogP contribution in [0, 0.1) is 0 Å². The van der Waals surface area contributed by atoms with Gasteiger partial charge in [0, 0.05) is 23.1 Å². The summed E-state index contributed by atoms with van der Waals surface area (Å²) in [5.74, 6) is 0.747. The monoisotopic (exact) mass is 261 g/mol. The Labute approximate surface area is 110 Å². The quantitative estimate of drug-likeness (QED) is 0.748. The average Bonchev–Trinajstić information content (AvgIpc) is 2.92. The molecule has 0 unspecified atom stereocenters. The normalized spacial score (nSPS) is 10.3. The molecule has 0 bridgehead atoms. The number of carbonyl (C=O) groups excluding carboxylic acids is 1. The van der Waals surface area contributed by atoms with Crippen LogP contribution in [0.4, 0.5) is 0 Å². The second kappa shape index (κ2) is 6.31. The lowest BCUT2D eigenvalue weighted by molar-refractivity contribution is 0.0979. The summed E-state index contributed by atoms with van der Waals surface area (Å²) < 4.78 is 5.06. The molecule has 2 aromatic heterocycles. The molecule has 0 amide bonds. The Bertz CT molecular complexity index is 508. The van der Waals surface area contributed by atoms with Crippen molar-refractivity contribution >= 4 is 17.1 Å². The fraction of sp³-hybridized carbons (Fsp3) is 0.286. The smallest absolute Gasteiger partial charge is 0.164 e. The second-order valence-corrected chi connectivity index (χ2v) is 5.00. The lowest BCUT2D eigenvalue weighted by atomic mass is 10.1. The summed E-state index contributed by atoms with van der Waals surface area (Å²) in [6, 6.07) is 5.87. The number of thiophene rings is 1. The van der Waals surface area contributed by atoms with Gasteiger partial charge < -0.3 is 4.74 Å². The molecular weight excluding hydrogens is 246 g/mol. The molecule has 0 spiro atoms. The molecule has 0 saturated carbocycles. The van der Waals surface area contributed by atoms with Gasteiger partial charge in [-0.25, -0.2) is 0 Å². The molecule has 0 fully saturated rings. The molecule has 0 aliphatic carbocycles. The zero-order valence-corrected chi connectivity index (χ0v) is 11.1. The second-order valence-electron chi connectivity index (χ2n) is 3.97. The van der Waals surface area contributed by atoms with Gasteiger partial charge in [-0.3, -0.25) is 9.78 Å². The number of rotatable bonds is 6. The molecule has 0 saturated heterocycles. The summed E-state index contributed by atoms with van der Waals surface area (Å²) in [4.78, 5) is 17.3. The van der Waals surface area contributed by atoms with E-state index in [1.165, 1.54) is 4.88 Å². The van der Waals surface area contributed by atoms with E-state index in [2.05, 4.69) is 16.4 Å². The Morgan fingerprint density at radius 3 is 3.06 bits per heavy atom. The van der Waals surface area contributed by atoms with Gasteiger partial charge in [-0.05, 0) is 30.4 Å². The summed E-state index contributed by atoms with van der Waals surface area (Å²) in [6.07, 6.45) is 5.57. The SMILES string of the molecule is COc1cncc(C(=O)CCCc2cccs2)c1. The number of pyridine rings is 1. The Kier molecular flexibility index (Phi) is 4.47. The van der Waals surface area contributed by atoms with Crippen molar-refractivity contribution < 1.29 is 9.53 Å². The van der Waals surface area contributed by atoms with E-state index in [1.807, 2.05) is 6.07 Å². The molecule has 2 rings (SSSR count). The molecule has 0 N–H and O–H groups in total. The predicted octanol–water partition coefficient (Wildman–Crippen LogP) is 3.36. The number of methoxy groups -OCH3 is 1. The topological polar surface area (TPSA) is 39.2 Å². The minimum Gasteiger partial charge on any atom is -0.495 e. The summed E-state index contributed by atoms with van der Waals surface area (Å²) in [5, 5.41) is 2.06. The van der Waals surface area contributed by atoms with E-state index in [0.29, 0.717) is 17.7 Å². The van der Waals surface area contributed by atoms with E-state index in [-0.39, 0.29) is 5.78 Å². The Morgan fingerprint density at radius 2 is 2.33 bits per heavy atom. The molecule has 94 valence electrons. The van der Waals surface area contributed by atoms with Crippen molar-refractivity contribution in [1.82, 2.24) is 4.98 Å². The van der Waals surface area contributed by atoms with Crippen LogP contribution in [0.15, 0.2) is 36.0 Å². The molecule has 0 atom stereocenters. The number of carbonyl (C=O) groups is 1. The first-order chi connectivity index (χ1) is 8.79. The first kappa shape index (κ1) is 12.8. The number of aromatic nitrogens is 1. The third-order valence-electron chi connectivity index (χ3n) is 2.68. The highest BCUT2D eigenvalue weighted by Gasteiger charge is 2.07. The van der Waals surface area contributed by atoms with Crippen molar-refractivity contribution in [3.63, 3.8) is 0 Å². The molecule has 2 heterocycles. The van der Waals surface area contributed by atoms with Crippen LogP contribution in [-0.4, -0.2) is 17.9 Å². The van der Waals surface area contributed by atoms with Crippen molar-refractivity contribution in [1.29, 1.82) is 0 Å². The Balaban J connectivity index is 1.87. The fourth-order valence-electron chi connectivity index (χ4n) is 1.71. The van der Waals surface area contributed by atoms with Gasteiger partial charge >= 0.3 is 0 Å². The third kappa shape index (κ3) is 3.40. The zero-order valence-electron chi connectivity index (χ0n) is 10.3. The van der Waals surface area contributed by atoms with Gasteiger partial charge in [0.2, 0.25) is 0 Å². The van der Waals surface area contributed by atoms with Crippen LogP contribution in [0.1, 0.15) is 28.1 Å². The van der Waals surface area contributed by atoms with Crippen molar-refractivity contribution in [2.75, 3.05) is 7.11 Å². The van der Waals surface area contributed by atoms with Crippen LogP contribution < -0.4 is 4.74 Å². The summed E-state index contributed by atoms with van der Waals surface area (Å²) in [6.45, 7) is 0. The van der Waals surface area contributed by atoms with E-state index in [0.717, 1.165) is 12.8 Å². The maximum absolute atomic E-state index is 11.9. The highest BCUT2D eigenvalue weighted by atomic mass is 32.1. The molecule has 3 nitrogen and oxygen atoms in total. The number of hydrogen-bond acceptors (Lipinski definition) is 4. The molecular formula is C14H15NO2S. The lowest BCUT2D eigenvalue weighted by Gasteiger charge is -2.03. The maximum atomic E-state index is 11.9. The van der Waals surface area contributed by atoms with Crippen LogP contribution in [0.2, 0.25) is 0 Å². The summed E-state index contributed by atoms with van der Waals surface area (Å²) in [7, 11) is 1.57. The van der Waals surface area contributed by atoms with Crippen LogP contribution in [0.25, 0.3) is 0 Å². The molecule has 0 radical (unpaired) electrons. The number of Topliss-reactive ketones (excluding diaryl/α,β-unsaturated/α-hetero) is 1. The van der Waals surface area contributed by atoms with Crippen molar-refractivity contribution in [3.8, 4) is 5.75 Å². The van der Waals surface area contributed by atoms with Crippen LogP contribution in [0.5, 0.6) is 5.75 Å². The molecule has 4 heteroatoms. The fourth-order valence-corrected chi connectivity index (χ4v) is 2.46. The Morgan fingerprint density at radius 1 is 1.44 bits per heavy atom. The van der Waals surface area contributed by atoms with Crippen molar-refractivity contribution in [3.05, 3.63) is 46.4 Å². The van der Waals surface area contributed by atoms with Gasteiger partial charge in [0.05, 0.1) is 13.3 Å². The molecule has 0 aliphatic rings. The standard InChI is InChI=1S/C14H15NO2S/c1-17-12-8-11(9-15-10-12)14(16)6-2-4-13-5-3-7-18-13/h3,5,7-10H,2,4,6H2,1H3. The summed E-state index contributed by atoms with van der Waals surface area (Å²) >= 11 is 1.73. The van der Waals surface area contributed by atoms with E-state index < -0.39 is 0 Å². The van der Waals surface area contributed by atoms with Gasteiger partial charge in [-0.15, -0.1) is 11.3 Å². The predicted molar refractivity (Wildman–Crippen MR) is 72.4 cm³/mol. The van der Waals surface area contributed by atoms with Crippen molar-refractivity contribution in [2.45, 2.75) is 19.3 Å².